The molecule has 62 heavy (non-hydrogen) atoms. The second-order valence-corrected chi connectivity index (χ2v) is 19.5. The molecule has 0 aliphatic carbocycles. The minimum atomic E-state index is -2.62. The average molecular weight is 808 g/mol. The second-order valence-electron chi connectivity index (χ2n) is 15.7. The van der Waals surface area contributed by atoms with Crippen LogP contribution in [-0.2, 0) is 0 Å². The Kier molecular flexibility index (Phi) is 10.8. The molecular weight excluding hydrogens is 763 g/mol. The second kappa shape index (κ2) is 17.4. The van der Waals surface area contributed by atoms with E-state index in [4.69, 9.17) is 0 Å². The Morgan fingerprint density at radius 1 is 0.226 bits per heavy atom. The highest BCUT2D eigenvalue weighted by atomic mass is 28.3. The Bertz CT molecular complexity index is 2890. The topological polar surface area (TPSA) is 3.24 Å². The van der Waals surface area contributed by atoms with E-state index >= 15 is 0 Å². The lowest BCUT2D eigenvalue weighted by atomic mass is 9.96. The number of rotatable bonds is 11. The molecule has 0 amide bonds. The van der Waals surface area contributed by atoms with Gasteiger partial charge in [0, 0.05) is 16.9 Å². The van der Waals surface area contributed by atoms with Gasteiger partial charge in [-0.2, -0.15) is 0 Å². The van der Waals surface area contributed by atoms with Crippen LogP contribution in [0.15, 0.2) is 273 Å². The lowest BCUT2D eigenvalue weighted by Crippen LogP contribution is -2.74. The van der Waals surface area contributed by atoms with Gasteiger partial charge >= 0.3 is 0 Å². The van der Waals surface area contributed by atoms with Crippen molar-refractivity contribution < 1.29 is 0 Å². The van der Waals surface area contributed by atoms with Gasteiger partial charge in [-0.05, 0) is 90.0 Å². The van der Waals surface area contributed by atoms with Gasteiger partial charge in [-0.1, -0.05) is 243 Å². The van der Waals surface area contributed by atoms with E-state index in [0.717, 1.165) is 17.1 Å². The first-order valence-electron chi connectivity index (χ1n) is 21.3. The van der Waals surface area contributed by atoms with E-state index in [2.05, 4.69) is 278 Å². The Morgan fingerprint density at radius 2 is 0.516 bits per heavy atom. The molecular formula is C60H45NSi. The summed E-state index contributed by atoms with van der Waals surface area (Å²) < 4.78 is 0. The quantitative estimate of drug-likeness (QED) is 0.0929. The fourth-order valence-electron chi connectivity index (χ4n) is 9.03. The van der Waals surface area contributed by atoms with Crippen LogP contribution in [0.2, 0.25) is 0 Å². The van der Waals surface area contributed by atoms with E-state index < -0.39 is 8.07 Å². The third kappa shape index (κ3) is 7.49. The van der Waals surface area contributed by atoms with Crippen molar-refractivity contribution in [2.24, 2.45) is 0 Å². The number of nitrogens with zero attached hydrogens (tertiary/aromatic N) is 1. The third-order valence-corrected chi connectivity index (χ3v) is 16.9. The lowest BCUT2D eigenvalue weighted by Gasteiger charge is -2.34. The zero-order valence-electron chi connectivity index (χ0n) is 34.4. The fourth-order valence-corrected chi connectivity index (χ4v) is 13.8. The monoisotopic (exact) mass is 807 g/mol. The van der Waals surface area contributed by atoms with Gasteiger partial charge in [0.15, 0.2) is 8.07 Å². The molecule has 0 heterocycles. The van der Waals surface area contributed by atoms with Gasteiger partial charge in [-0.3, -0.25) is 0 Å². The molecule has 10 aromatic carbocycles. The van der Waals surface area contributed by atoms with Crippen LogP contribution >= 0.6 is 0 Å². The third-order valence-electron chi connectivity index (χ3n) is 12.1. The van der Waals surface area contributed by atoms with Crippen molar-refractivity contribution >= 4 is 45.9 Å². The van der Waals surface area contributed by atoms with Crippen LogP contribution in [0.3, 0.4) is 0 Å². The molecule has 0 spiro atoms. The first kappa shape index (κ1) is 38.4. The number of hydrogen-bond donors (Lipinski definition) is 0. The smallest absolute Gasteiger partial charge is 0.179 e. The molecule has 0 bridgehead atoms. The molecule has 0 aromatic heterocycles. The fraction of sp³-hybridized carbons (Fsp3) is 0. The van der Waals surface area contributed by atoms with E-state index in [1.165, 1.54) is 65.3 Å². The zero-order valence-corrected chi connectivity index (χ0v) is 35.4. The Morgan fingerprint density at radius 3 is 0.919 bits per heavy atom. The van der Waals surface area contributed by atoms with Crippen molar-refractivity contribution in [3.63, 3.8) is 0 Å². The minimum absolute atomic E-state index is 1.09. The molecule has 0 atom stereocenters. The first-order valence-corrected chi connectivity index (χ1v) is 23.3. The Hall–Kier alpha value is -7.78. The van der Waals surface area contributed by atoms with E-state index in [9.17, 15) is 0 Å². The standard InChI is InChI=1S/C60H45NSi/c1-7-19-46(20-8-1)48-31-38-53(39-32-48)61(60-45-52(47-21-9-2-10-22-47)37-44-59(60)51-23-11-3-12-24-51)54-40-33-49(34-41-54)50-35-42-58(43-36-50)62(55-25-13-4-14-26-55,56-27-15-5-16-28-56)57-29-17-6-18-30-57/h1-45H. The van der Waals surface area contributed by atoms with Gasteiger partial charge < -0.3 is 4.90 Å². The molecule has 0 unspecified atom stereocenters. The molecule has 0 N–H and O–H groups in total. The molecule has 0 fully saturated rings. The largest absolute Gasteiger partial charge is 0.310 e. The van der Waals surface area contributed by atoms with E-state index in [1.54, 1.807) is 0 Å². The molecule has 0 saturated heterocycles. The van der Waals surface area contributed by atoms with Crippen LogP contribution in [-0.4, -0.2) is 8.07 Å². The van der Waals surface area contributed by atoms with Crippen LogP contribution in [0.25, 0.3) is 44.5 Å². The van der Waals surface area contributed by atoms with Gasteiger partial charge in [-0.25, -0.2) is 0 Å². The Balaban J connectivity index is 1.08. The number of anilines is 3. The highest BCUT2D eigenvalue weighted by Gasteiger charge is 2.41. The van der Waals surface area contributed by atoms with Crippen molar-refractivity contribution in [2.45, 2.75) is 0 Å². The van der Waals surface area contributed by atoms with E-state index in [0.29, 0.717) is 0 Å². The molecule has 2 heteroatoms. The summed E-state index contributed by atoms with van der Waals surface area (Å²) in [4.78, 5) is 2.41. The van der Waals surface area contributed by atoms with Crippen LogP contribution in [0.1, 0.15) is 0 Å². The molecule has 294 valence electrons. The van der Waals surface area contributed by atoms with Crippen molar-refractivity contribution in [2.75, 3.05) is 4.90 Å². The maximum atomic E-state index is 2.41. The van der Waals surface area contributed by atoms with Crippen LogP contribution in [0, 0.1) is 0 Å². The van der Waals surface area contributed by atoms with Gasteiger partial charge in [0.05, 0.1) is 5.69 Å². The summed E-state index contributed by atoms with van der Waals surface area (Å²) in [6.45, 7) is 0. The first-order chi connectivity index (χ1) is 30.8. The van der Waals surface area contributed by atoms with E-state index in [1.807, 2.05) is 0 Å². The molecule has 0 radical (unpaired) electrons. The molecule has 10 aromatic rings. The molecule has 1 nitrogen and oxygen atoms in total. The maximum absolute atomic E-state index is 2.62. The molecule has 0 saturated carbocycles. The van der Waals surface area contributed by atoms with E-state index in [-0.39, 0.29) is 0 Å². The highest BCUT2D eigenvalue weighted by Crippen LogP contribution is 2.43. The van der Waals surface area contributed by atoms with Gasteiger partial charge in [0.2, 0.25) is 0 Å². The van der Waals surface area contributed by atoms with Crippen molar-refractivity contribution in [3.8, 4) is 44.5 Å². The summed E-state index contributed by atoms with van der Waals surface area (Å²) in [6.07, 6.45) is 0. The number of benzene rings is 10. The summed E-state index contributed by atoms with van der Waals surface area (Å²) >= 11 is 0. The Labute approximate surface area is 366 Å². The molecule has 10 rings (SSSR count). The predicted molar refractivity (Wildman–Crippen MR) is 266 cm³/mol. The lowest BCUT2D eigenvalue weighted by molar-refractivity contribution is 1.28. The summed E-state index contributed by atoms with van der Waals surface area (Å²) in [7, 11) is -2.62. The van der Waals surface area contributed by atoms with Crippen molar-refractivity contribution in [1.29, 1.82) is 0 Å². The van der Waals surface area contributed by atoms with Crippen molar-refractivity contribution in [1.82, 2.24) is 0 Å². The van der Waals surface area contributed by atoms with Crippen molar-refractivity contribution in [3.05, 3.63) is 273 Å². The van der Waals surface area contributed by atoms with Crippen LogP contribution < -0.4 is 25.6 Å². The SMILES string of the molecule is c1ccc(-c2ccc(N(c3ccc(-c4ccc([Si](c5ccccc5)(c5ccccc5)c5ccccc5)cc4)cc3)c3cc(-c4ccccc4)ccc3-c3ccccc3)cc2)cc1. The molecule has 0 aliphatic rings. The van der Waals surface area contributed by atoms with Gasteiger partial charge in [0.25, 0.3) is 0 Å². The summed E-state index contributed by atoms with van der Waals surface area (Å²) in [6, 6.07) is 99.7. The summed E-state index contributed by atoms with van der Waals surface area (Å²) in [5.74, 6) is 0. The van der Waals surface area contributed by atoms with Gasteiger partial charge in [0.1, 0.15) is 0 Å². The molecule has 0 aliphatic heterocycles. The number of hydrogen-bond acceptors (Lipinski definition) is 1. The van der Waals surface area contributed by atoms with Crippen LogP contribution in [0.4, 0.5) is 17.1 Å². The van der Waals surface area contributed by atoms with Gasteiger partial charge in [-0.15, -0.1) is 0 Å². The highest BCUT2D eigenvalue weighted by molar-refractivity contribution is 7.19. The zero-order chi connectivity index (χ0) is 41.6. The maximum Gasteiger partial charge on any atom is 0.179 e. The normalized spacial score (nSPS) is 11.2. The predicted octanol–water partition coefficient (Wildman–Crippen LogP) is 13.2. The van der Waals surface area contributed by atoms with Crippen LogP contribution in [0.5, 0.6) is 0 Å². The minimum Gasteiger partial charge on any atom is -0.310 e. The average Bonchev–Trinajstić information content (AvgIpc) is 3.37. The summed E-state index contributed by atoms with van der Waals surface area (Å²) in [5, 5.41) is 5.48. The summed E-state index contributed by atoms with van der Waals surface area (Å²) in [5.41, 5.74) is 12.7.